The molecule has 3 aromatic carbocycles. The minimum atomic E-state index is -4.40. The van der Waals surface area contributed by atoms with Gasteiger partial charge in [0.1, 0.15) is 5.58 Å². The molecule has 0 aliphatic rings. The summed E-state index contributed by atoms with van der Waals surface area (Å²) in [6, 6.07) is 16.9. The van der Waals surface area contributed by atoms with E-state index in [0.717, 1.165) is 40.2 Å². The molecule has 0 radical (unpaired) electrons. The summed E-state index contributed by atoms with van der Waals surface area (Å²) in [4.78, 5) is 17.3. The van der Waals surface area contributed by atoms with Gasteiger partial charge in [-0.15, -0.1) is 12.4 Å². The van der Waals surface area contributed by atoms with Gasteiger partial charge in [-0.25, -0.2) is 0 Å². The fourth-order valence-electron chi connectivity index (χ4n) is 5.04. The molecule has 0 aliphatic carbocycles. The minimum absolute atomic E-state index is 0. The van der Waals surface area contributed by atoms with Crippen molar-refractivity contribution in [1.29, 1.82) is 0 Å². The summed E-state index contributed by atoms with van der Waals surface area (Å²) < 4.78 is 47.6. The number of fused-ring (bicyclic) bond motifs is 2. The van der Waals surface area contributed by atoms with Gasteiger partial charge in [0.25, 0.3) is 0 Å². The monoisotopic (exact) mass is 583 g/mol. The number of rotatable bonds is 8. The van der Waals surface area contributed by atoms with Crippen molar-refractivity contribution in [3.63, 3.8) is 0 Å². The van der Waals surface area contributed by atoms with Crippen molar-refractivity contribution in [2.24, 2.45) is 0 Å². The maximum Gasteiger partial charge on any atom is 0.416 e. The molecule has 9 heteroatoms. The van der Waals surface area contributed by atoms with E-state index >= 15 is 0 Å². The van der Waals surface area contributed by atoms with Gasteiger partial charge >= 0.3 is 6.18 Å². The predicted molar refractivity (Wildman–Crippen MR) is 160 cm³/mol. The number of benzene rings is 3. The van der Waals surface area contributed by atoms with Crippen LogP contribution in [0.2, 0.25) is 0 Å². The summed E-state index contributed by atoms with van der Waals surface area (Å²) >= 11 is 0. The average molecular weight is 584 g/mol. The number of nitrogens with zero attached hydrogens (tertiary/aromatic N) is 3. The van der Waals surface area contributed by atoms with Crippen LogP contribution < -0.4 is 5.43 Å². The first-order chi connectivity index (χ1) is 19.0. The Kier molecular flexibility index (Phi) is 8.97. The molecule has 0 unspecified atom stereocenters. The molecule has 216 valence electrons. The first kappa shape index (κ1) is 30.4. The molecule has 5 rings (SSSR count). The van der Waals surface area contributed by atoms with Crippen LogP contribution in [0.4, 0.5) is 13.2 Å². The van der Waals surface area contributed by atoms with Crippen molar-refractivity contribution in [2.45, 2.75) is 33.1 Å². The fraction of sp³-hybridized carbons (Fsp3) is 0.281. The Morgan fingerprint density at radius 3 is 2.20 bits per heavy atom. The van der Waals surface area contributed by atoms with Crippen LogP contribution in [-0.2, 0) is 19.3 Å². The van der Waals surface area contributed by atoms with Crippen molar-refractivity contribution in [2.75, 3.05) is 27.2 Å². The van der Waals surface area contributed by atoms with Gasteiger partial charge in [-0.3, -0.25) is 4.79 Å². The standard InChI is InChI=1S/C32H32F3N3O2.ClH/c1-21-14-28-30(15-22(21)2)40-20-24(31(28)39)18-37(4)13-12-36(3)17-23-19-38(29-11-6-5-10-27(23)29)26-9-7-8-25(16-26)32(33,34)35;/h5-11,14-16,19-20H,12-13,17-18H2,1-4H3;1H. The molecule has 0 saturated carbocycles. The Balaban J connectivity index is 0.00000387. The number of para-hydroxylation sites is 1. The molecular formula is C32H33ClF3N3O2. The molecule has 0 N–H and O–H groups in total. The lowest BCUT2D eigenvalue weighted by atomic mass is 10.1. The lowest BCUT2D eigenvalue weighted by Crippen LogP contribution is -2.31. The van der Waals surface area contributed by atoms with E-state index in [2.05, 4.69) is 9.80 Å². The Hall–Kier alpha value is -3.59. The van der Waals surface area contributed by atoms with Crippen molar-refractivity contribution in [3.8, 4) is 5.69 Å². The van der Waals surface area contributed by atoms with Crippen LogP contribution in [0.25, 0.3) is 27.6 Å². The molecule has 0 atom stereocenters. The normalized spacial score (nSPS) is 12.0. The molecule has 2 aromatic heterocycles. The minimum Gasteiger partial charge on any atom is -0.464 e. The van der Waals surface area contributed by atoms with E-state index in [4.69, 9.17) is 4.42 Å². The van der Waals surface area contributed by atoms with Gasteiger partial charge in [0.15, 0.2) is 5.43 Å². The van der Waals surface area contributed by atoms with E-state index < -0.39 is 11.7 Å². The first-order valence-corrected chi connectivity index (χ1v) is 13.2. The van der Waals surface area contributed by atoms with E-state index in [1.165, 1.54) is 12.1 Å². The van der Waals surface area contributed by atoms with Gasteiger partial charge in [-0.2, -0.15) is 13.2 Å². The van der Waals surface area contributed by atoms with Crippen LogP contribution >= 0.6 is 12.4 Å². The molecule has 0 saturated heterocycles. The highest BCUT2D eigenvalue weighted by molar-refractivity contribution is 5.86. The van der Waals surface area contributed by atoms with Crippen LogP contribution in [0.5, 0.6) is 0 Å². The number of hydrogen-bond acceptors (Lipinski definition) is 4. The summed E-state index contributed by atoms with van der Waals surface area (Å²) in [6.07, 6.45) is -0.924. The Morgan fingerprint density at radius 1 is 0.829 bits per heavy atom. The van der Waals surface area contributed by atoms with Crippen molar-refractivity contribution in [1.82, 2.24) is 14.4 Å². The quantitative estimate of drug-likeness (QED) is 0.191. The number of aromatic nitrogens is 1. The second-order valence-electron chi connectivity index (χ2n) is 10.6. The van der Waals surface area contributed by atoms with Gasteiger partial charge < -0.3 is 18.8 Å². The SMILES string of the molecule is Cc1cc2occ(CN(C)CCN(C)Cc3cn(-c4cccc(C(F)(F)F)c4)c4ccccc34)c(=O)c2cc1C.Cl. The largest absolute Gasteiger partial charge is 0.464 e. The van der Waals surface area contributed by atoms with Gasteiger partial charge in [-0.05, 0) is 81.0 Å². The third kappa shape index (κ3) is 6.50. The number of likely N-dealkylation sites (N-methyl/N-ethyl adjacent to an activating group) is 2. The lowest BCUT2D eigenvalue weighted by Gasteiger charge is -2.21. The zero-order chi connectivity index (χ0) is 28.6. The Bertz CT molecular complexity index is 1740. The maximum absolute atomic E-state index is 13.3. The summed E-state index contributed by atoms with van der Waals surface area (Å²) in [5.74, 6) is 0. The van der Waals surface area contributed by atoms with Crippen LogP contribution in [-0.4, -0.2) is 41.6 Å². The molecule has 0 fully saturated rings. The fourth-order valence-corrected chi connectivity index (χ4v) is 5.04. The van der Waals surface area contributed by atoms with E-state index in [-0.39, 0.29) is 17.8 Å². The van der Waals surface area contributed by atoms with Crippen LogP contribution in [0.15, 0.2) is 82.3 Å². The lowest BCUT2D eigenvalue weighted by molar-refractivity contribution is -0.137. The molecule has 2 heterocycles. The van der Waals surface area contributed by atoms with Crippen molar-refractivity contribution < 1.29 is 17.6 Å². The molecule has 0 aliphatic heterocycles. The molecule has 0 amide bonds. The second-order valence-corrected chi connectivity index (χ2v) is 10.6. The number of halogens is 4. The van der Waals surface area contributed by atoms with Crippen LogP contribution in [0.1, 0.15) is 27.8 Å². The number of alkyl halides is 3. The summed E-state index contributed by atoms with van der Waals surface area (Å²) in [7, 11) is 3.98. The zero-order valence-electron chi connectivity index (χ0n) is 23.5. The van der Waals surface area contributed by atoms with E-state index in [9.17, 15) is 18.0 Å². The average Bonchev–Trinajstić information content (AvgIpc) is 3.28. The molecule has 5 aromatic rings. The zero-order valence-corrected chi connectivity index (χ0v) is 24.3. The topological polar surface area (TPSA) is 41.6 Å². The second kappa shape index (κ2) is 12.1. The Labute approximate surface area is 243 Å². The van der Waals surface area contributed by atoms with Crippen molar-refractivity contribution >= 4 is 34.3 Å². The van der Waals surface area contributed by atoms with Crippen LogP contribution in [0.3, 0.4) is 0 Å². The maximum atomic E-state index is 13.3. The predicted octanol–water partition coefficient (Wildman–Crippen LogP) is 7.36. The van der Waals surface area contributed by atoms with Gasteiger partial charge in [-0.1, -0.05) is 24.3 Å². The summed E-state index contributed by atoms with van der Waals surface area (Å²) in [5.41, 5.74) is 5.03. The van der Waals surface area contributed by atoms with Crippen LogP contribution in [0, 0.1) is 13.8 Å². The highest BCUT2D eigenvalue weighted by atomic mass is 35.5. The number of aryl methyl sites for hydroxylation is 2. The van der Waals surface area contributed by atoms with E-state index in [0.29, 0.717) is 41.9 Å². The molecule has 5 nitrogen and oxygen atoms in total. The third-order valence-electron chi connectivity index (χ3n) is 7.45. The summed E-state index contributed by atoms with van der Waals surface area (Å²) in [6.45, 7) is 6.52. The first-order valence-electron chi connectivity index (χ1n) is 13.2. The summed E-state index contributed by atoms with van der Waals surface area (Å²) in [5, 5.41) is 1.60. The van der Waals surface area contributed by atoms with Gasteiger partial charge in [0.05, 0.1) is 22.7 Å². The third-order valence-corrected chi connectivity index (χ3v) is 7.45. The van der Waals surface area contributed by atoms with Crippen molar-refractivity contribution in [3.05, 3.63) is 111 Å². The van der Waals surface area contributed by atoms with Gasteiger partial charge in [0, 0.05) is 49.0 Å². The highest BCUT2D eigenvalue weighted by Crippen LogP contribution is 2.32. The van der Waals surface area contributed by atoms with E-state index in [1.807, 2.05) is 75.1 Å². The Morgan fingerprint density at radius 2 is 1.49 bits per heavy atom. The van der Waals surface area contributed by atoms with E-state index in [1.54, 1.807) is 12.3 Å². The molecular weight excluding hydrogens is 551 g/mol. The van der Waals surface area contributed by atoms with Gasteiger partial charge in [0.2, 0.25) is 0 Å². The molecule has 0 spiro atoms. The molecule has 41 heavy (non-hydrogen) atoms. The smallest absolute Gasteiger partial charge is 0.416 e. The highest BCUT2D eigenvalue weighted by Gasteiger charge is 2.30. The molecule has 0 bridgehead atoms. The number of hydrogen-bond donors (Lipinski definition) is 0.